The first-order valence-corrected chi connectivity index (χ1v) is 8.56. The Morgan fingerprint density at radius 3 is 2.67 bits per heavy atom. The summed E-state index contributed by atoms with van der Waals surface area (Å²) in [6.07, 6.45) is 4.20. The Balaban J connectivity index is 2.16. The lowest BCUT2D eigenvalue weighted by atomic mass is 9.89. The van der Waals surface area contributed by atoms with Gasteiger partial charge in [-0.25, -0.2) is 8.42 Å². The Bertz CT molecular complexity index is 823. The predicted molar refractivity (Wildman–Crippen MR) is 84.4 cm³/mol. The second-order valence-corrected chi connectivity index (χ2v) is 8.80. The van der Waals surface area contributed by atoms with Gasteiger partial charge in [0, 0.05) is 10.9 Å². The minimum atomic E-state index is -3.52. The lowest BCUT2D eigenvalue weighted by Crippen LogP contribution is -2.27. The SMILES string of the molecule is CC(C)(C)S(=O)(=O)N=C1CCCc2cc3occc3cc21. The molecule has 0 aliphatic heterocycles. The number of furan rings is 1. The van der Waals surface area contributed by atoms with Crippen LogP contribution in [0.15, 0.2) is 33.3 Å². The molecule has 1 aromatic heterocycles. The van der Waals surface area contributed by atoms with Gasteiger partial charge in [0.2, 0.25) is 0 Å². The summed E-state index contributed by atoms with van der Waals surface area (Å²) in [5, 5.41) is 0.983. The van der Waals surface area contributed by atoms with Gasteiger partial charge in [0.25, 0.3) is 10.0 Å². The van der Waals surface area contributed by atoms with Gasteiger partial charge >= 0.3 is 0 Å². The highest BCUT2D eigenvalue weighted by Crippen LogP contribution is 2.29. The van der Waals surface area contributed by atoms with E-state index in [9.17, 15) is 8.42 Å². The normalized spacial score (nSPS) is 18.1. The molecule has 4 nitrogen and oxygen atoms in total. The van der Waals surface area contributed by atoms with Crippen molar-refractivity contribution in [2.75, 3.05) is 0 Å². The van der Waals surface area contributed by atoms with Crippen molar-refractivity contribution < 1.29 is 12.8 Å². The molecule has 1 aromatic carbocycles. The zero-order chi connectivity index (χ0) is 15.3. The molecule has 0 N–H and O–H groups in total. The molecule has 0 saturated carbocycles. The summed E-state index contributed by atoms with van der Waals surface area (Å²) >= 11 is 0. The summed E-state index contributed by atoms with van der Waals surface area (Å²) in [7, 11) is -3.52. The van der Waals surface area contributed by atoms with E-state index < -0.39 is 14.8 Å². The Kier molecular flexibility index (Phi) is 3.20. The molecule has 0 unspecified atom stereocenters. The van der Waals surface area contributed by atoms with E-state index in [1.807, 2.05) is 18.2 Å². The Hall–Kier alpha value is -1.62. The quantitative estimate of drug-likeness (QED) is 0.807. The molecule has 3 rings (SSSR count). The Labute approximate surface area is 124 Å². The van der Waals surface area contributed by atoms with Gasteiger partial charge in [0.15, 0.2) is 0 Å². The third-order valence-corrected chi connectivity index (χ3v) is 5.86. The minimum absolute atomic E-state index is 0.675. The first-order chi connectivity index (χ1) is 9.78. The smallest absolute Gasteiger partial charge is 0.258 e. The lowest BCUT2D eigenvalue weighted by molar-refractivity contribution is 0.562. The third-order valence-electron chi connectivity index (χ3n) is 3.85. The van der Waals surface area contributed by atoms with Crippen LogP contribution in [0.4, 0.5) is 0 Å². The van der Waals surface area contributed by atoms with Crippen LogP contribution >= 0.6 is 0 Å². The molecule has 0 atom stereocenters. The van der Waals surface area contributed by atoms with Crippen molar-refractivity contribution in [2.45, 2.75) is 44.8 Å². The molecular formula is C16H19NO3S. The first-order valence-electron chi connectivity index (χ1n) is 7.12. The van der Waals surface area contributed by atoms with E-state index in [4.69, 9.17) is 4.42 Å². The van der Waals surface area contributed by atoms with Crippen molar-refractivity contribution in [3.05, 3.63) is 35.6 Å². The second-order valence-electron chi connectivity index (χ2n) is 6.45. The van der Waals surface area contributed by atoms with Gasteiger partial charge < -0.3 is 4.42 Å². The van der Waals surface area contributed by atoms with Gasteiger partial charge in [-0.3, -0.25) is 0 Å². The second kappa shape index (κ2) is 4.70. The first kappa shape index (κ1) is 14.3. The monoisotopic (exact) mass is 305 g/mol. The number of benzene rings is 1. The number of fused-ring (bicyclic) bond motifs is 2. The summed E-state index contributed by atoms with van der Waals surface area (Å²) in [6, 6.07) is 5.88. The molecule has 0 bridgehead atoms. The van der Waals surface area contributed by atoms with Crippen molar-refractivity contribution in [3.8, 4) is 0 Å². The molecule has 5 heteroatoms. The molecule has 0 fully saturated rings. The van der Waals surface area contributed by atoms with E-state index >= 15 is 0 Å². The zero-order valence-electron chi connectivity index (χ0n) is 12.5. The molecule has 0 saturated heterocycles. The van der Waals surface area contributed by atoms with Gasteiger partial charge in [-0.15, -0.1) is 0 Å². The van der Waals surface area contributed by atoms with Gasteiger partial charge in [-0.05, 0) is 63.8 Å². The van der Waals surface area contributed by atoms with E-state index in [1.54, 1.807) is 27.0 Å². The summed E-state index contributed by atoms with van der Waals surface area (Å²) in [5.41, 5.74) is 3.58. The fourth-order valence-corrected chi connectivity index (χ4v) is 3.24. The molecule has 21 heavy (non-hydrogen) atoms. The third kappa shape index (κ3) is 2.50. The van der Waals surface area contributed by atoms with Crippen molar-refractivity contribution >= 4 is 26.7 Å². The topological polar surface area (TPSA) is 59.6 Å². The van der Waals surface area contributed by atoms with E-state index in [1.165, 1.54) is 0 Å². The summed E-state index contributed by atoms with van der Waals surface area (Å²) < 4.78 is 33.3. The fourth-order valence-electron chi connectivity index (χ4n) is 2.48. The number of aryl methyl sites for hydroxylation is 1. The van der Waals surface area contributed by atoms with E-state index in [2.05, 4.69) is 4.40 Å². The van der Waals surface area contributed by atoms with E-state index in [0.29, 0.717) is 12.1 Å². The number of nitrogens with zero attached hydrogens (tertiary/aromatic N) is 1. The summed E-state index contributed by atoms with van der Waals surface area (Å²) in [5.74, 6) is 0. The largest absolute Gasteiger partial charge is 0.464 e. The maximum absolute atomic E-state index is 12.3. The van der Waals surface area contributed by atoms with Crippen LogP contribution in [0.3, 0.4) is 0 Å². The molecule has 0 radical (unpaired) electrons. The van der Waals surface area contributed by atoms with Crippen LogP contribution in [0.1, 0.15) is 44.7 Å². The molecule has 1 aliphatic rings. The van der Waals surface area contributed by atoms with Crippen LogP contribution in [0, 0.1) is 0 Å². The van der Waals surface area contributed by atoms with Crippen LogP contribution in [-0.4, -0.2) is 18.9 Å². The highest BCUT2D eigenvalue weighted by Gasteiger charge is 2.30. The summed E-state index contributed by atoms with van der Waals surface area (Å²) in [6.45, 7) is 5.03. The standard InChI is InChI=1S/C16H19NO3S/c1-16(2,3)21(18,19)17-14-6-4-5-11-10-15-12(7-8-20-15)9-13(11)14/h7-10H,4-6H2,1-3H3. The van der Waals surface area contributed by atoms with Crippen molar-refractivity contribution in [3.63, 3.8) is 0 Å². The summed E-state index contributed by atoms with van der Waals surface area (Å²) in [4.78, 5) is 0. The number of sulfonamides is 1. The molecular weight excluding hydrogens is 286 g/mol. The van der Waals surface area contributed by atoms with Gasteiger partial charge in [-0.1, -0.05) is 0 Å². The maximum atomic E-state index is 12.3. The Morgan fingerprint density at radius 1 is 1.19 bits per heavy atom. The molecule has 2 aromatic rings. The molecule has 0 amide bonds. The highest BCUT2D eigenvalue weighted by molar-refractivity contribution is 7.91. The van der Waals surface area contributed by atoms with Crippen molar-refractivity contribution in [1.82, 2.24) is 0 Å². The average Bonchev–Trinajstić information content (AvgIpc) is 2.82. The van der Waals surface area contributed by atoms with Crippen molar-refractivity contribution in [2.24, 2.45) is 4.40 Å². The van der Waals surface area contributed by atoms with Crippen LogP contribution in [0.25, 0.3) is 11.0 Å². The van der Waals surface area contributed by atoms with Crippen LogP contribution in [0.5, 0.6) is 0 Å². The predicted octanol–water partition coefficient (Wildman–Crippen LogP) is 3.69. The highest BCUT2D eigenvalue weighted by atomic mass is 32.2. The number of hydrogen-bond acceptors (Lipinski definition) is 3. The lowest BCUT2D eigenvalue weighted by Gasteiger charge is -2.21. The van der Waals surface area contributed by atoms with Gasteiger partial charge in [0.1, 0.15) is 5.58 Å². The number of hydrogen-bond donors (Lipinski definition) is 0. The minimum Gasteiger partial charge on any atom is -0.464 e. The Morgan fingerprint density at radius 2 is 1.95 bits per heavy atom. The van der Waals surface area contributed by atoms with Crippen molar-refractivity contribution in [1.29, 1.82) is 0 Å². The average molecular weight is 305 g/mol. The number of rotatable bonds is 1. The molecule has 112 valence electrons. The van der Waals surface area contributed by atoms with Crippen LogP contribution < -0.4 is 0 Å². The van der Waals surface area contributed by atoms with Gasteiger partial charge in [0.05, 0.1) is 16.7 Å². The van der Waals surface area contributed by atoms with Crippen LogP contribution in [-0.2, 0) is 16.4 Å². The van der Waals surface area contributed by atoms with E-state index in [0.717, 1.165) is 34.9 Å². The molecule has 0 spiro atoms. The van der Waals surface area contributed by atoms with Crippen LogP contribution in [0.2, 0.25) is 0 Å². The molecule has 1 heterocycles. The van der Waals surface area contributed by atoms with E-state index in [-0.39, 0.29) is 0 Å². The molecule has 1 aliphatic carbocycles. The fraction of sp³-hybridized carbons (Fsp3) is 0.438. The maximum Gasteiger partial charge on any atom is 0.258 e. The zero-order valence-corrected chi connectivity index (χ0v) is 13.3. The van der Waals surface area contributed by atoms with Gasteiger partial charge in [-0.2, -0.15) is 4.40 Å².